The summed E-state index contributed by atoms with van der Waals surface area (Å²) in [7, 11) is 0.489. The van der Waals surface area contributed by atoms with Gasteiger partial charge >= 0.3 is 0 Å². The van der Waals surface area contributed by atoms with Crippen molar-refractivity contribution in [2.24, 2.45) is 0 Å². The maximum atomic E-state index is 13.9. The monoisotopic (exact) mass is 549 g/mol. The van der Waals surface area contributed by atoms with Crippen LogP contribution in [0.3, 0.4) is 0 Å². The molecule has 0 aliphatic rings. The molecule has 0 aromatic heterocycles. The molecule has 0 fully saturated rings. The summed E-state index contributed by atoms with van der Waals surface area (Å²) in [6, 6.07) is 11.0. The van der Waals surface area contributed by atoms with E-state index in [1.807, 2.05) is 20.8 Å². The Bertz CT molecular complexity index is 1210. The van der Waals surface area contributed by atoms with E-state index in [0.29, 0.717) is 17.9 Å². The summed E-state index contributed by atoms with van der Waals surface area (Å²) in [5.41, 5.74) is 0.386. The van der Waals surface area contributed by atoms with Crippen molar-refractivity contribution >= 4 is 27.5 Å². The molecule has 10 nitrogen and oxygen atoms in total. The number of hydrogen-bond donors (Lipinski definition) is 1. The Labute approximate surface area is 225 Å². The number of methoxy groups -OCH3 is 3. The van der Waals surface area contributed by atoms with Crippen LogP contribution in [-0.2, 0) is 26.2 Å². The fourth-order valence-electron chi connectivity index (χ4n) is 3.89. The minimum absolute atomic E-state index is 0.0890. The summed E-state index contributed by atoms with van der Waals surface area (Å²) in [5, 5.41) is 2.94. The third-order valence-electron chi connectivity index (χ3n) is 5.73. The lowest BCUT2D eigenvalue weighted by molar-refractivity contribution is -0.141. The van der Waals surface area contributed by atoms with Crippen molar-refractivity contribution in [1.29, 1.82) is 0 Å². The lowest BCUT2D eigenvalue weighted by Gasteiger charge is -2.34. The topological polar surface area (TPSA) is 114 Å². The molecule has 0 radical (unpaired) electrons. The smallest absolute Gasteiger partial charge is 0.244 e. The molecule has 1 atom stereocenters. The number of benzene rings is 2. The van der Waals surface area contributed by atoms with Crippen molar-refractivity contribution in [3.8, 4) is 17.2 Å². The molecule has 0 aliphatic carbocycles. The van der Waals surface area contributed by atoms with E-state index in [-0.39, 0.29) is 23.9 Å². The highest BCUT2D eigenvalue weighted by molar-refractivity contribution is 7.92. The van der Waals surface area contributed by atoms with Gasteiger partial charge in [-0.3, -0.25) is 13.9 Å². The van der Waals surface area contributed by atoms with E-state index in [4.69, 9.17) is 14.2 Å². The number of nitrogens with zero attached hydrogens (tertiary/aromatic N) is 2. The number of nitrogens with one attached hydrogen (secondary N) is 1. The fraction of sp³-hybridized carbons (Fsp3) is 0.481. The maximum absolute atomic E-state index is 13.9. The first-order valence-corrected chi connectivity index (χ1v) is 14.0. The van der Waals surface area contributed by atoms with Gasteiger partial charge in [-0.1, -0.05) is 19.1 Å². The van der Waals surface area contributed by atoms with Crippen LogP contribution in [0.15, 0.2) is 42.5 Å². The molecule has 2 aromatic rings. The van der Waals surface area contributed by atoms with Crippen LogP contribution in [0.5, 0.6) is 17.2 Å². The standard InChI is InChI=1S/C27H39N3O7S/c1-9-22(26(32)28-27(2,3)4)29(17-19-10-12-20(35-5)13-11-19)25(31)18-30(38(8,33)34)23-16-21(36-6)14-15-24(23)37-7/h10-16,22H,9,17-18H2,1-8H3,(H,28,32)/t22-/m0/s1. The highest BCUT2D eigenvalue weighted by atomic mass is 32.2. The van der Waals surface area contributed by atoms with Crippen molar-refractivity contribution in [1.82, 2.24) is 10.2 Å². The Kier molecular flexibility index (Phi) is 10.4. The summed E-state index contributed by atoms with van der Waals surface area (Å²) in [6.45, 7) is 6.92. The number of carbonyl (C=O) groups is 2. The van der Waals surface area contributed by atoms with E-state index in [2.05, 4.69) is 5.32 Å². The molecule has 0 heterocycles. The Morgan fingerprint density at radius 3 is 2.00 bits per heavy atom. The Morgan fingerprint density at radius 1 is 0.947 bits per heavy atom. The molecule has 0 aliphatic heterocycles. The van der Waals surface area contributed by atoms with E-state index < -0.39 is 34.1 Å². The lowest BCUT2D eigenvalue weighted by Crippen LogP contribution is -2.55. The second kappa shape index (κ2) is 12.9. The summed E-state index contributed by atoms with van der Waals surface area (Å²) >= 11 is 0. The molecule has 2 amide bonds. The zero-order valence-electron chi connectivity index (χ0n) is 23.4. The van der Waals surface area contributed by atoms with E-state index in [1.54, 1.807) is 50.4 Å². The van der Waals surface area contributed by atoms with E-state index in [1.165, 1.54) is 25.2 Å². The van der Waals surface area contributed by atoms with Gasteiger partial charge in [-0.15, -0.1) is 0 Å². The highest BCUT2D eigenvalue weighted by Gasteiger charge is 2.33. The predicted octanol–water partition coefficient (Wildman–Crippen LogP) is 3.20. The minimum atomic E-state index is -3.93. The van der Waals surface area contributed by atoms with Crippen LogP contribution < -0.4 is 23.8 Å². The minimum Gasteiger partial charge on any atom is -0.497 e. The van der Waals surface area contributed by atoms with Crippen LogP contribution in [0.25, 0.3) is 0 Å². The molecule has 0 saturated heterocycles. The Balaban J connectivity index is 2.54. The van der Waals surface area contributed by atoms with Crippen LogP contribution in [-0.4, -0.2) is 70.8 Å². The van der Waals surface area contributed by atoms with E-state index >= 15 is 0 Å². The van der Waals surface area contributed by atoms with Crippen LogP contribution in [0.1, 0.15) is 39.7 Å². The van der Waals surface area contributed by atoms with Crippen molar-refractivity contribution in [3.05, 3.63) is 48.0 Å². The summed E-state index contributed by atoms with van der Waals surface area (Å²) in [5.74, 6) is 0.424. The van der Waals surface area contributed by atoms with Crippen LogP contribution in [0, 0.1) is 0 Å². The average Bonchev–Trinajstić information content (AvgIpc) is 2.85. The van der Waals surface area contributed by atoms with E-state index in [9.17, 15) is 18.0 Å². The molecule has 2 rings (SSSR count). The zero-order chi connectivity index (χ0) is 28.7. The number of carbonyl (C=O) groups excluding carboxylic acids is 2. The van der Waals surface area contributed by atoms with Gasteiger partial charge in [0, 0.05) is 18.2 Å². The van der Waals surface area contributed by atoms with Crippen LogP contribution >= 0.6 is 0 Å². The third kappa shape index (κ3) is 8.27. The first-order valence-electron chi connectivity index (χ1n) is 12.2. The van der Waals surface area contributed by atoms with Crippen LogP contribution in [0.4, 0.5) is 5.69 Å². The third-order valence-corrected chi connectivity index (χ3v) is 6.86. The average molecular weight is 550 g/mol. The van der Waals surface area contributed by atoms with Gasteiger partial charge < -0.3 is 24.4 Å². The number of sulfonamides is 1. The van der Waals surface area contributed by atoms with Gasteiger partial charge in [-0.25, -0.2) is 8.42 Å². The summed E-state index contributed by atoms with van der Waals surface area (Å²) in [4.78, 5) is 28.5. The molecule has 38 heavy (non-hydrogen) atoms. The molecule has 210 valence electrons. The molecule has 11 heteroatoms. The predicted molar refractivity (Wildman–Crippen MR) is 147 cm³/mol. The second-order valence-electron chi connectivity index (χ2n) is 9.84. The molecule has 0 unspecified atom stereocenters. The largest absolute Gasteiger partial charge is 0.497 e. The van der Waals surface area contributed by atoms with Crippen LogP contribution in [0.2, 0.25) is 0 Å². The van der Waals surface area contributed by atoms with E-state index in [0.717, 1.165) is 16.1 Å². The Morgan fingerprint density at radius 2 is 1.53 bits per heavy atom. The normalized spacial score (nSPS) is 12.3. The summed E-state index contributed by atoms with van der Waals surface area (Å²) in [6.07, 6.45) is 1.34. The molecule has 1 N–H and O–H groups in total. The van der Waals surface area contributed by atoms with Crippen molar-refractivity contribution in [2.75, 3.05) is 38.4 Å². The van der Waals surface area contributed by atoms with Gasteiger partial charge in [0.15, 0.2) is 0 Å². The van der Waals surface area contributed by atoms with Gasteiger partial charge in [-0.2, -0.15) is 0 Å². The molecular weight excluding hydrogens is 510 g/mol. The molecule has 0 spiro atoms. The lowest BCUT2D eigenvalue weighted by atomic mass is 10.1. The highest BCUT2D eigenvalue weighted by Crippen LogP contribution is 2.34. The van der Waals surface area contributed by atoms with Gasteiger partial charge in [0.25, 0.3) is 0 Å². The molecule has 0 bridgehead atoms. The first-order chi connectivity index (χ1) is 17.7. The van der Waals surface area contributed by atoms with Gasteiger partial charge in [-0.05, 0) is 57.0 Å². The Hall–Kier alpha value is -3.47. The SMILES string of the molecule is CC[C@@H](C(=O)NC(C)(C)C)N(Cc1ccc(OC)cc1)C(=O)CN(c1cc(OC)ccc1OC)S(C)(=O)=O. The van der Waals surface area contributed by atoms with Gasteiger partial charge in [0.1, 0.15) is 29.8 Å². The summed E-state index contributed by atoms with van der Waals surface area (Å²) < 4.78 is 42.7. The number of hydrogen-bond acceptors (Lipinski definition) is 7. The second-order valence-corrected chi connectivity index (χ2v) is 11.7. The number of ether oxygens (including phenoxy) is 3. The van der Waals surface area contributed by atoms with Crippen molar-refractivity contribution < 1.29 is 32.2 Å². The van der Waals surface area contributed by atoms with Crippen molar-refractivity contribution in [2.45, 2.75) is 52.2 Å². The number of anilines is 1. The number of amides is 2. The molecular formula is C27H39N3O7S. The maximum Gasteiger partial charge on any atom is 0.244 e. The van der Waals surface area contributed by atoms with Gasteiger partial charge in [0.05, 0.1) is 33.3 Å². The molecule has 2 aromatic carbocycles. The van der Waals surface area contributed by atoms with Crippen molar-refractivity contribution in [3.63, 3.8) is 0 Å². The van der Waals surface area contributed by atoms with Gasteiger partial charge in [0.2, 0.25) is 21.8 Å². The number of rotatable bonds is 12. The zero-order valence-corrected chi connectivity index (χ0v) is 24.2. The molecule has 0 saturated carbocycles. The first kappa shape index (κ1) is 30.8. The fourth-order valence-corrected chi connectivity index (χ4v) is 4.73. The quantitative estimate of drug-likeness (QED) is 0.432.